The maximum Gasteiger partial charge on any atom is 0.246 e. The Bertz CT molecular complexity index is 753. The van der Waals surface area contributed by atoms with Gasteiger partial charge in [-0.25, -0.2) is 13.4 Å². The number of anilines is 1. The third kappa shape index (κ3) is 2.64. The summed E-state index contributed by atoms with van der Waals surface area (Å²) in [4.78, 5) is 6.91. The van der Waals surface area contributed by atoms with Gasteiger partial charge >= 0.3 is 0 Å². The highest BCUT2D eigenvalue weighted by Crippen LogP contribution is 2.25. The molecule has 0 aliphatic carbocycles. The molecule has 1 saturated heterocycles. The lowest BCUT2D eigenvalue weighted by Crippen LogP contribution is -2.48. The van der Waals surface area contributed by atoms with Crippen molar-refractivity contribution < 1.29 is 8.42 Å². The Kier molecular flexibility index (Phi) is 3.96. The Hall–Kier alpha value is -1.45. The molecule has 0 unspecified atom stereocenters. The van der Waals surface area contributed by atoms with E-state index in [0.717, 1.165) is 10.8 Å². The molecule has 2 aromatic rings. The van der Waals surface area contributed by atoms with Crippen LogP contribution in [0.3, 0.4) is 0 Å². The first-order chi connectivity index (χ1) is 10.4. The predicted molar refractivity (Wildman–Crippen MR) is 85.9 cm³/mol. The van der Waals surface area contributed by atoms with Crippen molar-refractivity contribution in [3.8, 4) is 0 Å². The van der Waals surface area contributed by atoms with Gasteiger partial charge < -0.3 is 4.90 Å². The van der Waals surface area contributed by atoms with Crippen LogP contribution in [0.2, 0.25) is 0 Å². The van der Waals surface area contributed by atoms with Gasteiger partial charge in [-0.1, -0.05) is 0 Å². The van der Waals surface area contributed by atoms with Crippen LogP contribution in [0, 0.1) is 20.8 Å². The zero-order valence-corrected chi connectivity index (χ0v) is 14.5. The van der Waals surface area contributed by atoms with Crippen molar-refractivity contribution in [2.45, 2.75) is 25.7 Å². The van der Waals surface area contributed by atoms with Gasteiger partial charge in [-0.2, -0.15) is 9.40 Å². The molecule has 0 atom stereocenters. The van der Waals surface area contributed by atoms with E-state index < -0.39 is 10.0 Å². The quantitative estimate of drug-likeness (QED) is 0.910. The zero-order valence-electron chi connectivity index (χ0n) is 12.8. The smallest absolute Gasteiger partial charge is 0.246 e. The lowest BCUT2D eigenvalue weighted by atomic mass is 10.4. The second-order valence-electron chi connectivity index (χ2n) is 5.43. The van der Waals surface area contributed by atoms with Crippen LogP contribution >= 0.6 is 11.3 Å². The van der Waals surface area contributed by atoms with Crippen molar-refractivity contribution in [3.63, 3.8) is 0 Å². The van der Waals surface area contributed by atoms with Crippen molar-refractivity contribution in [3.05, 3.63) is 22.5 Å². The number of rotatable bonds is 3. The molecule has 3 rings (SSSR count). The van der Waals surface area contributed by atoms with Crippen molar-refractivity contribution in [2.75, 3.05) is 31.1 Å². The van der Waals surface area contributed by atoms with Crippen LogP contribution in [-0.2, 0) is 10.0 Å². The van der Waals surface area contributed by atoms with Crippen LogP contribution in [0.4, 0.5) is 5.13 Å². The number of nitrogens with zero attached hydrogens (tertiary/aromatic N) is 4. The third-order valence-corrected chi connectivity index (χ3v) is 6.96. The summed E-state index contributed by atoms with van der Waals surface area (Å²) >= 11 is 1.60. The van der Waals surface area contributed by atoms with Crippen LogP contribution in [0.15, 0.2) is 10.3 Å². The van der Waals surface area contributed by atoms with Crippen molar-refractivity contribution >= 4 is 26.5 Å². The molecule has 1 aliphatic rings. The van der Waals surface area contributed by atoms with E-state index in [0.29, 0.717) is 42.5 Å². The van der Waals surface area contributed by atoms with E-state index in [2.05, 4.69) is 20.1 Å². The molecule has 120 valence electrons. The number of nitrogens with one attached hydrogen (secondary N) is 1. The van der Waals surface area contributed by atoms with Gasteiger partial charge in [0, 0.05) is 31.6 Å². The van der Waals surface area contributed by atoms with E-state index in [-0.39, 0.29) is 0 Å². The summed E-state index contributed by atoms with van der Waals surface area (Å²) in [5.41, 5.74) is 2.12. The fourth-order valence-corrected chi connectivity index (χ4v) is 5.27. The van der Waals surface area contributed by atoms with Crippen molar-refractivity contribution in [1.29, 1.82) is 0 Å². The van der Waals surface area contributed by atoms with Crippen LogP contribution in [0.25, 0.3) is 0 Å². The van der Waals surface area contributed by atoms with Gasteiger partial charge in [0.1, 0.15) is 4.90 Å². The topological polar surface area (TPSA) is 82.2 Å². The molecule has 3 heterocycles. The molecule has 22 heavy (non-hydrogen) atoms. The summed E-state index contributed by atoms with van der Waals surface area (Å²) in [6, 6.07) is 0. The molecule has 0 spiro atoms. The Labute approximate surface area is 134 Å². The van der Waals surface area contributed by atoms with Gasteiger partial charge in [-0.15, -0.1) is 11.3 Å². The molecule has 7 nitrogen and oxygen atoms in total. The monoisotopic (exact) mass is 341 g/mol. The molecule has 9 heteroatoms. The molecule has 0 radical (unpaired) electrons. The fourth-order valence-electron chi connectivity index (χ4n) is 2.66. The molecule has 0 saturated carbocycles. The molecule has 0 aromatic carbocycles. The molecule has 1 aliphatic heterocycles. The summed E-state index contributed by atoms with van der Waals surface area (Å²) in [6.45, 7) is 7.65. The van der Waals surface area contributed by atoms with E-state index in [1.807, 2.05) is 12.3 Å². The van der Waals surface area contributed by atoms with E-state index >= 15 is 0 Å². The first kappa shape index (κ1) is 15.4. The Balaban J connectivity index is 1.76. The van der Waals surface area contributed by atoms with Crippen molar-refractivity contribution in [1.82, 2.24) is 19.5 Å². The number of aromatic amines is 1. The number of hydrogen-bond acceptors (Lipinski definition) is 6. The molecule has 2 aromatic heterocycles. The minimum atomic E-state index is -3.48. The molecule has 0 amide bonds. The fraction of sp³-hybridized carbons (Fsp3) is 0.538. The van der Waals surface area contributed by atoms with Gasteiger partial charge in [-0.3, -0.25) is 5.10 Å². The van der Waals surface area contributed by atoms with E-state index in [4.69, 9.17) is 0 Å². The molecule has 0 bridgehead atoms. The van der Waals surface area contributed by atoms with Gasteiger partial charge in [0.25, 0.3) is 0 Å². The zero-order chi connectivity index (χ0) is 15.9. The van der Waals surface area contributed by atoms with Crippen LogP contribution in [0.5, 0.6) is 0 Å². The summed E-state index contributed by atoms with van der Waals surface area (Å²) in [6.07, 6.45) is 0. The average molecular weight is 341 g/mol. The molecule has 1 fully saturated rings. The number of piperazine rings is 1. The maximum absolute atomic E-state index is 12.8. The van der Waals surface area contributed by atoms with E-state index in [1.54, 1.807) is 25.2 Å². The minimum Gasteiger partial charge on any atom is -0.345 e. The Morgan fingerprint density at radius 3 is 2.36 bits per heavy atom. The second-order valence-corrected chi connectivity index (χ2v) is 8.14. The van der Waals surface area contributed by atoms with Crippen LogP contribution < -0.4 is 4.90 Å². The number of thiazole rings is 1. The maximum atomic E-state index is 12.8. The van der Waals surface area contributed by atoms with Crippen molar-refractivity contribution in [2.24, 2.45) is 0 Å². The molecular weight excluding hydrogens is 322 g/mol. The lowest BCUT2D eigenvalue weighted by Gasteiger charge is -2.33. The third-order valence-electron chi connectivity index (χ3n) is 3.77. The van der Waals surface area contributed by atoms with Gasteiger partial charge in [-0.05, 0) is 20.8 Å². The summed E-state index contributed by atoms with van der Waals surface area (Å²) in [7, 11) is -3.48. The largest absolute Gasteiger partial charge is 0.345 e. The summed E-state index contributed by atoms with van der Waals surface area (Å²) in [5.74, 6) is 0. The Morgan fingerprint density at radius 2 is 1.86 bits per heavy atom. The standard InChI is InChI=1S/C13H19N5O2S2/c1-9-8-21-13(14-9)17-4-6-18(7-5-17)22(19,20)12-10(2)15-16-11(12)3/h8H,4-7H2,1-3H3,(H,15,16). The molecule has 1 N–H and O–H groups in total. The average Bonchev–Trinajstić information content (AvgIpc) is 3.05. The summed E-state index contributed by atoms with van der Waals surface area (Å²) in [5, 5.41) is 9.71. The van der Waals surface area contributed by atoms with Crippen LogP contribution in [0.1, 0.15) is 17.1 Å². The highest BCUT2D eigenvalue weighted by atomic mass is 32.2. The number of H-pyrrole nitrogens is 1. The number of sulfonamides is 1. The number of aryl methyl sites for hydroxylation is 3. The normalized spacial score (nSPS) is 17.1. The number of aromatic nitrogens is 3. The first-order valence-corrected chi connectivity index (χ1v) is 9.40. The van der Waals surface area contributed by atoms with Gasteiger partial charge in [0.15, 0.2) is 5.13 Å². The number of hydrogen-bond donors (Lipinski definition) is 1. The van der Waals surface area contributed by atoms with E-state index in [1.165, 1.54) is 4.31 Å². The highest BCUT2D eigenvalue weighted by Gasteiger charge is 2.32. The van der Waals surface area contributed by atoms with Crippen LogP contribution in [-0.4, -0.2) is 54.1 Å². The Morgan fingerprint density at radius 1 is 1.18 bits per heavy atom. The highest BCUT2D eigenvalue weighted by molar-refractivity contribution is 7.89. The second kappa shape index (κ2) is 5.64. The van der Waals surface area contributed by atoms with E-state index in [9.17, 15) is 8.42 Å². The SMILES string of the molecule is Cc1csc(N2CCN(S(=O)(=O)c3c(C)n[nH]c3C)CC2)n1. The van der Waals surface area contributed by atoms with Gasteiger partial charge in [0.05, 0.1) is 17.1 Å². The summed E-state index contributed by atoms with van der Waals surface area (Å²) < 4.78 is 27.1. The minimum absolute atomic E-state index is 0.311. The van der Waals surface area contributed by atoms with Gasteiger partial charge in [0.2, 0.25) is 10.0 Å². The predicted octanol–water partition coefficient (Wildman–Crippen LogP) is 1.30. The molecular formula is C13H19N5O2S2. The first-order valence-electron chi connectivity index (χ1n) is 7.08. The lowest BCUT2D eigenvalue weighted by molar-refractivity contribution is 0.384.